The number of fused-ring (bicyclic) bond motifs is 1. The molecular weight excluding hydrogens is 387 g/mol. The van der Waals surface area contributed by atoms with Crippen molar-refractivity contribution in [1.82, 2.24) is 4.90 Å². The summed E-state index contributed by atoms with van der Waals surface area (Å²) in [6, 6.07) is 10.6. The highest BCUT2D eigenvalue weighted by atomic mass is 19.4. The fraction of sp³-hybridized carbons (Fsp3) is 0.381. The molecule has 1 unspecified atom stereocenters. The van der Waals surface area contributed by atoms with Crippen molar-refractivity contribution in [3.63, 3.8) is 0 Å². The highest BCUT2D eigenvalue weighted by Crippen LogP contribution is 2.38. The van der Waals surface area contributed by atoms with Crippen molar-refractivity contribution in [2.24, 2.45) is 0 Å². The normalized spacial score (nSPS) is 19.0. The quantitative estimate of drug-likeness (QED) is 0.739. The second-order valence-corrected chi connectivity index (χ2v) is 6.99. The van der Waals surface area contributed by atoms with Crippen LogP contribution in [0, 0.1) is 0 Å². The largest absolute Gasteiger partial charge is 0.573 e. The predicted octanol–water partition coefficient (Wildman–Crippen LogP) is 4.72. The summed E-state index contributed by atoms with van der Waals surface area (Å²) in [7, 11) is 0. The van der Waals surface area contributed by atoms with Crippen molar-refractivity contribution in [3.05, 3.63) is 53.6 Å². The Morgan fingerprint density at radius 1 is 1.00 bits per heavy atom. The summed E-state index contributed by atoms with van der Waals surface area (Å²) in [5, 5.41) is 0. The summed E-state index contributed by atoms with van der Waals surface area (Å²) in [6.45, 7) is 1.77. The van der Waals surface area contributed by atoms with Crippen molar-refractivity contribution in [2.45, 2.75) is 31.7 Å². The fourth-order valence-corrected chi connectivity index (χ4v) is 3.71. The molecule has 8 heteroatoms. The molecule has 1 fully saturated rings. The predicted molar refractivity (Wildman–Crippen MR) is 98.2 cm³/mol. The molecule has 0 aliphatic carbocycles. The van der Waals surface area contributed by atoms with Crippen LogP contribution in [0.5, 0.6) is 17.2 Å². The molecule has 0 radical (unpaired) electrons. The smallest absolute Gasteiger partial charge is 0.490 e. The maximum atomic E-state index is 13.0. The first-order valence-electron chi connectivity index (χ1n) is 9.47. The number of benzene rings is 2. The van der Waals surface area contributed by atoms with Crippen LogP contribution in [-0.2, 0) is 0 Å². The van der Waals surface area contributed by atoms with Crippen LogP contribution in [0.1, 0.15) is 41.2 Å². The topological polar surface area (TPSA) is 48.0 Å². The second kappa shape index (κ2) is 7.85. The third-order valence-electron chi connectivity index (χ3n) is 5.00. The van der Waals surface area contributed by atoms with E-state index in [0.29, 0.717) is 36.8 Å². The summed E-state index contributed by atoms with van der Waals surface area (Å²) in [5.74, 6) is 0.795. The van der Waals surface area contributed by atoms with Crippen LogP contribution >= 0.6 is 0 Å². The van der Waals surface area contributed by atoms with Crippen LogP contribution in [0.15, 0.2) is 42.5 Å². The molecular formula is C21H20F3NO4. The molecule has 2 aliphatic rings. The van der Waals surface area contributed by atoms with Gasteiger partial charge in [0.25, 0.3) is 5.91 Å². The van der Waals surface area contributed by atoms with E-state index < -0.39 is 6.36 Å². The summed E-state index contributed by atoms with van der Waals surface area (Å²) >= 11 is 0. The molecule has 1 saturated heterocycles. The van der Waals surface area contributed by atoms with Gasteiger partial charge >= 0.3 is 6.36 Å². The van der Waals surface area contributed by atoms with Gasteiger partial charge in [-0.25, -0.2) is 0 Å². The van der Waals surface area contributed by atoms with Crippen LogP contribution < -0.4 is 14.2 Å². The van der Waals surface area contributed by atoms with Crippen molar-refractivity contribution >= 4 is 5.91 Å². The SMILES string of the molecule is O=C(c1ccc(OC(F)(F)F)cc1)N1CCCC1c1ccc2c(c1)OCCCO2. The number of rotatable bonds is 3. The summed E-state index contributed by atoms with van der Waals surface area (Å²) in [4.78, 5) is 14.7. The van der Waals surface area contributed by atoms with Crippen LogP contribution in [0.3, 0.4) is 0 Å². The lowest BCUT2D eigenvalue weighted by atomic mass is 10.0. The number of ether oxygens (including phenoxy) is 3. The highest BCUT2D eigenvalue weighted by molar-refractivity contribution is 5.94. The molecule has 1 atom stereocenters. The van der Waals surface area contributed by atoms with Gasteiger partial charge < -0.3 is 19.1 Å². The summed E-state index contributed by atoms with van der Waals surface area (Å²) in [5.41, 5.74) is 1.28. The molecule has 29 heavy (non-hydrogen) atoms. The Hall–Kier alpha value is -2.90. The second-order valence-electron chi connectivity index (χ2n) is 6.99. The van der Waals surface area contributed by atoms with Gasteiger partial charge in [-0.1, -0.05) is 6.07 Å². The van der Waals surface area contributed by atoms with Gasteiger partial charge in [-0.15, -0.1) is 13.2 Å². The molecule has 2 aliphatic heterocycles. The molecule has 5 nitrogen and oxygen atoms in total. The van der Waals surface area contributed by atoms with Gasteiger partial charge in [0, 0.05) is 18.5 Å². The molecule has 4 rings (SSSR count). The van der Waals surface area contributed by atoms with Gasteiger partial charge in [0.2, 0.25) is 0 Å². The highest BCUT2D eigenvalue weighted by Gasteiger charge is 2.33. The van der Waals surface area contributed by atoms with Gasteiger partial charge in [0.15, 0.2) is 11.5 Å². The first-order valence-corrected chi connectivity index (χ1v) is 9.47. The zero-order valence-electron chi connectivity index (χ0n) is 15.6. The first kappa shape index (κ1) is 19.4. The maximum Gasteiger partial charge on any atom is 0.573 e. The van der Waals surface area contributed by atoms with E-state index in [-0.39, 0.29) is 17.7 Å². The van der Waals surface area contributed by atoms with Crippen molar-refractivity contribution in [3.8, 4) is 17.2 Å². The molecule has 0 spiro atoms. The molecule has 0 bridgehead atoms. The lowest BCUT2D eigenvalue weighted by molar-refractivity contribution is -0.274. The van der Waals surface area contributed by atoms with E-state index in [1.54, 1.807) is 4.90 Å². The van der Waals surface area contributed by atoms with Crippen LogP contribution in [0.2, 0.25) is 0 Å². The molecule has 154 valence electrons. The Kier molecular flexibility index (Phi) is 5.25. The van der Waals surface area contributed by atoms with Gasteiger partial charge in [-0.2, -0.15) is 0 Å². The third-order valence-corrected chi connectivity index (χ3v) is 5.00. The minimum absolute atomic E-state index is 0.120. The average molecular weight is 407 g/mol. The molecule has 0 saturated carbocycles. The van der Waals surface area contributed by atoms with E-state index in [0.717, 1.165) is 37.0 Å². The van der Waals surface area contributed by atoms with E-state index in [1.807, 2.05) is 18.2 Å². The molecule has 2 aromatic carbocycles. The van der Waals surface area contributed by atoms with E-state index in [9.17, 15) is 18.0 Å². The van der Waals surface area contributed by atoms with Gasteiger partial charge in [-0.05, 0) is 54.8 Å². The molecule has 0 N–H and O–H groups in total. The summed E-state index contributed by atoms with van der Waals surface area (Å²) < 4.78 is 52.2. The molecule has 2 heterocycles. The zero-order chi connectivity index (χ0) is 20.4. The number of hydrogen-bond acceptors (Lipinski definition) is 4. The lowest BCUT2D eigenvalue weighted by Crippen LogP contribution is -2.30. The van der Waals surface area contributed by atoms with Crippen molar-refractivity contribution in [1.29, 1.82) is 0 Å². The van der Waals surface area contributed by atoms with Gasteiger partial charge in [0.05, 0.1) is 19.3 Å². The molecule has 0 aromatic heterocycles. The number of carbonyl (C=O) groups excluding carboxylic acids is 1. The number of carbonyl (C=O) groups is 1. The fourth-order valence-electron chi connectivity index (χ4n) is 3.71. The lowest BCUT2D eigenvalue weighted by Gasteiger charge is -2.26. The van der Waals surface area contributed by atoms with Gasteiger partial charge in [0.1, 0.15) is 5.75 Å². The number of halogens is 3. The number of nitrogens with zero attached hydrogens (tertiary/aromatic N) is 1. The molecule has 2 aromatic rings. The van der Waals surface area contributed by atoms with E-state index in [1.165, 1.54) is 12.1 Å². The Morgan fingerprint density at radius 3 is 2.45 bits per heavy atom. The minimum Gasteiger partial charge on any atom is -0.490 e. The summed E-state index contributed by atoms with van der Waals surface area (Å²) in [6.07, 6.45) is -2.30. The number of likely N-dealkylation sites (tertiary alicyclic amines) is 1. The van der Waals surface area contributed by atoms with Crippen molar-refractivity contribution in [2.75, 3.05) is 19.8 Å². The van der Waals surface area contributed by atoms with Crippen LogP contribution in [-0.4, -0.2) is 36.9 Å². The average Bonchev–Trinajstić information content (AvgIpc) is 3.05. The first-order chi connectivity index (χ1) is 13.9. The standard InChI is InChI=1S/C21H20F3NO4/c22-21(23,24)29-16-7-4-14(5-8-16)20(26)25-10-1-3-17(25)15-6-9-18-19(13-15)28-12-2-11-27-18/h4-9,13,17H,1-3,10-12H2. The Morgan fingerprint density at radius 2 is 1.72 bits per heavy atom. The third kappa shape index (κ3) is 4.41. The number of hydrogen-bond donors (Lipinski definition) is 0. The minimum atomic E-state index is -4.76. The van der Waals surface area contributed by atoms with Crippen molar-refractivity contribution < 1.29 is 32.2 Å². The number of alkyl halides is 3. The molecule has 1 amide bonds. The Bertz CT molecular complexity index is 882. The Balaban J connectivity index is 1.52. The van der Waals surface area contributed by atoms with Gasteiger partial charge in [-0.3, -0.25) is 4.79 Å². The monoisotopic (exact) mass is 407 g/mol. The van der Waals surface area contributed by atoms with Crippen LogP contribution in [0.4, 0.5) is 13.2 Å². The van der Waals surface area contributed by atoms with E-state index in [4.69, 9.17) is 9.47 Å². The zero-order valence-corrected chi connectivity index (χ0v) is 15.6. The van der Waals surface area contributed by atoms with Crippen LogP contribution in [0.25, 0.3) is 0 Å². The Labute approximate surface area is 166 Å². The maximum absolute atomic E-state index is 13.0. The van der Waals surface area contributed by atoms with E-state index in [2.05, 4.69) is 4.74 Å². The van der Waals surface area contributed by atoms with E-state index >= 15 is 0 Å². The number of amides is 1.